The molecule has 2 nitrogen and oxygen atoms in total. The highest BCUT2D eigenvalue weighted by atomic mass is 32.1. The zero-order chi connectivity index (χ0) is 34.6. The number of fused-ring (bicyclic) bond motifs is 7. The van der Waals surface area contributed by atoms with Gasteiger partial charge in [0.05, 0.1) is 18.1 Å². The highest BCUT2D eigenvalue weighted by Crippen LogP contribution is 2.49. The van der Waals surface area contributed by atoms with Crippen LogP contribution in [0.15, 0.2) is 182 Å². The van der Waals surface area contributed by atoms with Crippen LogP contribution < -0.4 is 4.74 Å². The molecule has 0 unspecified atom stereocenters. The van der Waals surface area contributed by atoms with E-state index in [9.17, 15) is 0 Å². The van der Waals surface area contributed by atoms with Gasteiger partial charge in [-0.2, -0.15) is 0 Å². The summed E-state index contributed by atoms with van der Waals surface area (Å²) in [6.45, 7) is 0. The lowest BCUT2D eigenvalue weighted by Crippen LogP contribution is -1.95. The number of methoxy groups -OCH3 is 1. The van der Waals surface area contributed by atoms with Crippen molar-refractivity contribution in [2.75, 3.05) is 7.11 Å². The van der Waals surface area contributed by atoms with Crippen molar-refractivity contribution in [1.82, 2.24) is 4.57 Å². The topological polar surface area (TPSA) is 14.2 Å². The molecule has 0 aliphatic heterocycles. The van der Waals surface area contributed by atoms with Gasteiger partial charge < -0.3 is 9.30 Å². The van der Waals surface area contributed by atoms with Crippen LogP contribution in [0.1, 0.15) is 0 Å². The van der Waals surface area contributed by atoms with Crippen molar-refractivity contribution in [2.24, 2.45) is 0 Å². The third-order valence-electron chi connectivity index (χ3n) is 10.3. The summed E-state index contributed by atoms with van der Waals surface area (Å²) in [6.07, 6.45) is 0. The minimum absolute atomic E-state index is 0.862. The number of thiophene rings is 1. The molecule has 0 spiro atoms. The van der Waals surface area contributed by atoms with E-state index in [1.807, 2.05) is 11.3 Å². The molecule has 0 N–H and O–H groups in total. The maximum Gasteiger partial charge on any atom is 0.118 e. The van der Waals surface area contributed by atoms with Gasteiger partial charge in [-0.3, -0.25) is 0 Å². The minimum Gasteiger partial charge on any atom is -0.497 e. The fraction of sp³-hybridized carbons (Fsp3) is 0.0204. The third kappa shape index (κ3) is 4.93. The molecule has 0 radical (unpaired) electrons. The van der Waals surface area contributed by atoms with Crippen molar-refractivity contribution < 1.29 is 4.74 Å². The highest BCUT2D eigenvalue weighted by molar-refractivity contribution is 7.26. The van der Waals surface area contributed by atoms with Crippen molar-refractivity contribution in [3.8, 4) is 55.9 Å². The van der Waals surface area contributed by atoms with Crippen LogP contribution in [0.2, 0.25) is 0 Å². The second kappa shape index (κ2) is 12.4. The first kappa shape index (κ1) is 30.4. The van der Waals surface area contributed by atoms with Gasteiger partial charge in [-0.25, -0.2) is 0 Å². The molecule has 0 amide bonds. The van der Waals surface area contributed by atoms with Crippen molar-refractivity contribution in [3.05, 3.63) is 182 Å². The average Bonchev–Trinajstić information content (AvgIpc) is 3.77. The quantitative estimate of drug-likeness (QED) is 0.170. The Kier molecular flexibility index (Phi) is 7.26. The smallest absolute Gasteiger partial charge is 0.118 e. The van der Waals surface area contributed by atoms with Gasteiger partial charge in [0.1, 0.15) is 5.75 Å². The Morgan fingerprint density at radius 3 is 1.71 bits per heavy atom. The third-order valence-corrected chi connectivity index (χ3v) is 11.5. The van der Waals surface area contributed by atoms with E-state index in [4.69, 9.17) is 4.74 Å². The molecule has 2 heterocycles. The number of ether oxygens (including phenoxy) is 1. The molecule has 0 aliphatic rings. The van der Waals surface area contributed by atoms with E-state index in [0.717, 1.165) is 11.4 Å². The SMILES string of the molecule is COc1ccc(-c2cccc3c2sc2cc(-c4ccc(-c5ccccc5)cc4)c4c(c5ccc(-c6ccccc6)cc5n4-c4ccccc4)c23)cc1. The summed E-state index contributed by atoms with van der Waals surface area (Å²) >= 11 is 1.89. The number of para-hydroxylation sites is 1. The molecule has 8 aromatic carbocycles. The summed E-state index contributed by atoms with van der Waals surface area (Å²) in [6, 6.07) is 65.9. The molecule has 0 saturated carbocycles. The largest absolute Gasteiger partial charge is 0.497 e. The number of hydrogen-bond acceptors (Lipinski definition) is 2. The van der Waals surface area contributed by atoms with Crippen LogP contribution in [0.25, 0.3) is 92.2 Å². The van der Waals surface area contributed by atoms with Gasteiger partial charge in [0.25, 0.3) is 0 Å². The Bertz CT molecular complexity index is 2890. The lowest BCUT2D eigenvalue weighted by Gasteiger charge is -2.13. The Morgan fingerprint density at radius 2 is 1.02 bits per heavy atom. The predicted octanol–water partition coefficient (Wildman–Crippen LogP) is 13.8. The van der Waals surface area contributed by atoms with E-state index in [0.29, 0.717) is 0 Å². The van der Waals surface area contributed by atoms with Gasteiger partial charge >= 0.3 is 0 Å². The number of rotatable bonds is 6. The van der Waals surface area contributed by atoms with Gasteiger partial charge in [0.2, 0.25) is 0 Å². The monoisotopic (exact) mass is 683 g/mol. The molecule has 0 atom stereocenters. The number of aromatic nitrogens is 1. The molecular weight excluding hydrogens is 651 g/mol. The second-order valence-electron chi connectivity index (χ2n) is 13.2. The maximum atomic E-state index is 5.49. The Morgan fingerprint density at radius 1 is 0.442 bits per heavy atom. The van der Waals surface area contributed by atoms with Crippen molar-refractivity contribution >= 4 is 53.3 Å². The van der Waals surface area contributed by atoms with Crippen LogP contribution in [0.4, 0.5) is 0 Å². The highest BCUT2D eigenvalue weighted by Gasteiger charge is 2.23. The molecule has 3 heteroatoms. The van der Waals surface area contributed by atoms with Crippen molar-refractivity contribution in [1.29, 1.82) is 0 Å². The zero-order valence-corrected chi connectivity index (χ0v) is 29.4. The molecule has 52 heavy (non-hydrogen) atoms. The van der Waals surface area contributed by atoms with E-state index in [-0.39, 0.29) is 0 Å². The first-order chi connectivity index (χ1) is 25.7. The number of hydrogen-bond donors (Lipinski definition) is 0. The van der Waals surface area contributed by atoms with E-state index >= 15 is 0 Å². The first-order valence-corrected chi connectivity index (χ1v) is 18.4. The zero-order valence-electron chi connectivity index (χ0n) is 28.6. The normalized spacial score (nSPS) is 11.6. The van der Waals surface area contributed by atoms with Gasteiger partial charge in [0, 0.05) is 42.2 Å². The Labute approximate surface area is 306 Å². The van der Waals surface area contributed by atoms with Gasteiger partial charge in [-0.15, -0.1) is 11.3 Å². The first-order valence-electron chi connectivity index (χ1n) is 17.6. The molecule has 0 bridgehead atoms. The molecule has 0 saturated heterocycles. The fourth-order valence-corrected chi connectivity index (χ4v) is 9.13. The lowest BCUT2D eigenvalue weighted by atomic mass is 9.95. The van der Waals surface area contributed by atoms with Crippen LogP contribution in [-0.2, 0) is 0 Å². The van der Waals surface area contributed by atoms with Crippen molar-refractivity contribution in [3.63, 3.8) is 0 Å². The summed E-state index contributed by atoms with van der Waals surface area (Å²) in [4.78, 5) is 0. The summed E-state index contributed by atoms with van der Waals surface area (Å²) < 4.78 is 10.6. The molecule has 0 fully saturated rings. The van der Waals surface area contributed by atoms with Crippen LogP contribution >= 0.6 is 11.3 Å². The van der Waals surface area contributed by atoms with Crippen LogP contribution in [0, 0.1) is 0 Å². The van der Waals surface area contributed by atoms with Gasteiger partial charge in [-0.1, -0.05) is 146 Å². The Hall–Kier alpha value is -6.42. The summed E-state index contributed by atoms with van der Waals surface area (Å²) in [5, 5.41) is 5.13. The van der Waals surface area contributed by atoms with E-state index in [1.165, 1.54) is 86.5 Å². The van der Waals surface area contributed by atoms with Crippen LogP contribution in [-0.4, -0.2) is 11.7 Å². The number of benzene rings is 8. The van der Waals surface area contributed by atoms with Gasteiger partial charge in [0.15, 0.2) is 0 Å². The Balaban J connectivity index is 1.33. The molecule has 0 aliphatic carbocycles. The molecule has 10 aromatic rings. The summed E-state index contributed by atoms with van der Waals surface area (Å²) in [7, 11) is 1.72. The second-order valence-corrected chi connectivity index (χ2v) is 14.3. The van der Waals surface area contributed by atoms with Gasteiger partial charge in [-0.05, 0) is 75.3 Å². The maximum absolute atomic E-state index is 5.49. The molecular formula is C49H33NOS. The molecule has 10 rings (SSSR count). The average molecular weight is 684 g/mol. The predicted molar refractivity (Wildman–Crippen MR) is 222 cm³/mol. The summed E-state index contributed by atoms with van der Waals surface area (Å²) in [5.41, 5.74) is 13.3. The van der Waals surface area contributed by atoms with E-state index < -0.39 is 0 Å². The van der Waals surface area contributed by atoms with Crippen LogP contribution in [0.5, 0.6) is 5.75 Å². The van der Waals surface area contributed by atoms with E-state index in [2.05, 4.69) is 187 Å². The standard InChI is InChI=1S/C49H33NOS/c1-51-39-27-24-35(25-28-39)40-18-11-19-42-46-45(52-49(40)42)31-43(36-22-20-34(21-23-36)32-12-5-2-6-13-32)48-47(46)41-29-26-37(33-14-7-3-8-15-33)30-44(41)50(48)38-16-9-4-10-17-38/h2-31H,1H3. The lowest BCUT2D eigenvalue weighted by molar-refractivity contribution is 0.415. The number of nitrogens with zero attached hydrogens (tertiary/aromatic N) is 1. The summed E-state index contributed by atoms with van der Waals surface area (Å²) in [5.74, 6) is 0.862. The molecule has 246 valence electrons. The van der Waals surface area contributed by atoms with Crippen molar-refractivity contribution in [2.45, 2.75) is 0 Å². The minimum atomic E-state index is 0.862. The fourth-order valence-electron chi connectivity index (χ4n) is 7.84. The van der Waals surface area contributed by atoms with E-state index in [1.54, 1.807) is 7.11 Å². The van der Waals surface area contributed by atoms with Crippen LogP contribution in [0.3, 0.4) is 0 Å². The molecule has 2 aromatic heterocycles.